The molecule has 0 aliphatic heterocycles. The molecule has 0 heterocycles. The third-order valence-electron chi connectivity index (χ3n) is 2.21. The summed E-state index contributed by atoms with van der Waals surface area (Å²) >= 11 is 0. The molecule has 0 aromatic heterocycles. The Morgan fingerprint density at radius 2 is 1.79 bits per heavy atom. The Kier molecular flexibility index (Phi) is 1.93. The summed E-state index contributed by atoms with van der Waals surface area (Å²) in [5, 5.41) is 23.5. The van der Waals surface area contributed by atoms with Gasteiger partial charge < -0.3 is 15.5 Å². The Morgan fingerprint density at radius 1 is 1.00 bits per heavy atom. The molecule has 0 aliphatic rings. The number of fused-ring (bicyclic) bond motifs is 1. The van der Waals surface area contributed by atoms with Gasteiger partial charge in [0.25, 0.3) is 0 Å². The Morgan fingerprint density at radius 3 is 2.50 bits per heavy atom. The number of aromatic hydroxyl groups is 2. The first kappa shape index (κ1) is 8.69. The van der Waals surface area contributed by atoms with Crippen LogP contribution in [0.3, 0.4) is 0 Å². The number of benzene rings is 2. The van der Waals surface area contributed by atoms with Crippen LogP contribution >= 0.6 is 0 Å². The van der Waals surface area contributed by atoms with Crippen molar-refractivity contribution in [2.75, 3.05) is 12.4 Å². The number of phenols is 2. The van der Waals surface area contributed by atoms with Gasteiger partial charge >= 0.3 is 0 Å². The zero-order valence-electron chi connectivity index (χ0n) is 7.78. The fraction of sp³-hybridized carbons (Fsp3) is 0.0909. The molecule has 0 bridgehead atoms. The maximum absolute atomic E-state index is 9.56. The van der Waals surface area contributed by atoms with E-state index in [9.17, 15) is 10.2 Å². The minimum absolute atomic E-state index is 0.186. The second-order valence-electron chi connectivity index (χ2n) is 3.15. The summed E-state index contributed by atoms with van der Waals surface area (Å²) in [7, 11) is 1.75. The van der Waals surface area contributed by atoms with Crippen LogP contribution in [0, 0.1) is 0 Å². The summed E-state index contributed by atoms with van der Waals surface area (Å²) in [6.07, 6.45) is 0. The average Bonchev–Trinajstić information content (AvgIpc) is 2.16. The second kappa shape index (κ2) is 3.10. The van der Waals surface area contributed by atoms with Gasteiger partial charge in [-0.3, -0.25) is 0 Å². The highest BCUT2D eigenvalue weighted by Gasteiger charge is 2.02. The molecule has 0 saturated heterocycles. The number of phenolic OH excluding ortho intramolecular Hbond substituents is 2. The van der Waals surface area contributed by atoms with Gasteiger partial charge in [-0.1, -0.05) is 6.07 Å². The second-order valence-corrected chi connectivity index (χ2v) is 3.15. The van der Waals surface area contributed by atoms with Crippen molar-refractivity contribution in [1.29, 1.82) is 0 Å². The van der Waals surface area contributed by atoms with E-state index in [2.05, 4.69) is 5.32 Å². The first-order valence-corrected chi connectivity index (χ1v) is 4.34. The van der Waals surface area contributed by atoms with Crippen molar-refractivity contribution in [1.82, 2.24) is 0 Å². The minimum atomic E-state index is 0.186. The maximum atomic E-state index is 9.56. The highest BCUT2D eigenvalue weighted by molar-refractivity contribution is 5.89. The van der Waals surface area contributed by atoms with E-state index in [1.165, 1.54) is 0 Å². The molecule has 3 N–H and O–H groups in total. The van der Waals surface area contributed by atoms with Crippen molar-refractivity contribution in [2.24, 2.45) is 0 Å². The van der Waals surface area contributed by atoms with E-state index in [0.29, 0.717) is 5.69 Å². The van der Waals surface area contributed by atoms with Gasteiger partial charge in [-0.15, -0.1) is 0 Å². The van der Waals surface area contributed by atoms with Crippen molar-refractivity contribution in [3.05, 3.63) is 30.3 Å². The summed E-state index contributed by atoms with van der Waals surface area (Å²) in [4.78, 5) is 0. The summed E-state index contributed by atoms with van der Waals surface area (Å²) in [5.41, 5.74) is 0.684. The van der Waals surface area contributed by atoms with Gasteiger partial charge in [-0.25, -0.2) is 0 Å². The molecule has 2 rings (SSSR count). The lowest BCUT2D eigenvalue weighted by atomic mass is 10.1. The molecule has 14 heavy (non-hydrogen) atoms. The molecule has 72 valence electrons. The first-order valence-electron chi connectivity index (χ1n) is 4.34. The molecular formula is C11H11NO2. The van der Waals surface area contributed by atoms with Gasteiger partial charge in [0.1, 0.15) is 11.5 Å². The number of hydrogen-bond donors (Lipinski definition) is 3. The maximum Gasteiger partial charge on any atom is 0.139 e. The third kappa shape index (κ3) is 1.33. The highest BCUT2D eigenvalue weighted by atomic mass is 16.3. The topological polar surface area (TPSA) is 52.5 Å². The molecule has 2 aromatic carbocycles. The standard InChI is InChI=1S/C11H11NO2/c1-12-10-5-7-2-3-9(13)4-8(7)6-11(10)14/h2-6,12-14H,1H3. The zero-order valence-corrected chi connectivity index (χ0v) is 7.78. The predicted molar refractivity (Wildman–Crippen MR) is 56.8 cm³/mol. The molecule has 3 heteroatoms. The summed E-state index contributed by atoms with van der Waals surface area (Å²) in [6, 6.07) is 8.52. The van der Waals surface area contributed by atoms with Crippen molar-refractivity contribution in [2.45, 2.75) is 0 Å². The van der Waals surface area contributed by atoms with E-state index in [0.717, 1.165) is 10.8 Å². The molecule has 2 aromatic rings. The lowest BCUT2D eigenvalue weighted by molar-refractivity contribution is 0.475. The van der Waals surface area contributed by atoms with Crippen LogP contribution in [0.5, 0.6) is 11.5 Å². The molecule has 0 unspecified atom stereocenters. The van der Waals surface area contributed by atoms with Gasteiger partial charge in [0, 0.05) is 7.05 Å². The molecule has 0 atom stereocenters. The Balaban J connectivity index is 2.73. The van der Waals surface area contributed by atoms with E-state index in [1.807, 2.05) is 12.1 Å². The van der Waals surface area contributed by atoms with E-state index < -0.39 is 0 Å². The van der Waals surface area contributed by atoms with Crippen LogP contribution < -0.4 is 5.32 Å². The largest absolute Gasteiger partial charge is 0.508 e. The SMILES string of the molecule is CNc1cc2ccc(O)cc2cc1O. The fourth-order valence-electron chi connectivity index (χ4n) is 1.47. The molecule has 0 radical (unpaired) electrons. The van der Waals surface area contributed by atoms with Crippen LogP contribution in [-0.2, 0) is 0 Å². The van der Waals surface area contributed by atoms with Crippen molar-refractivity contribution < 1.29 is 10.2 Å². The Hall–Kier alpha value is -1.90. The first-order chi connectivity index (χ1) is 6.70. The van der Waals surface area contributed by atoms with Gasteiger partial charge in [0.15, 0.2) is 0 Å². The van der Waals surface area contributed by atoms with Crippen molar-refractivity contribution >= 4 is 16.5 Å². The molecule has 0 fully saturated rings. The van der Waals surface area contributed by atoms with Crippen LogP contribution in [0.25, 0.3) is 10.8 Å². The Labute approximate surface area is 81.6 Å². The summed E-state index contributed by atoms with van der Waals surface area (Å²) < 4.78 is 0. The van der Waals surface area contributed by atoms with Gasteiger partial charge in [-0.05, 0) is 35.0 Å². The lowest BCUT2D eigenvalue weighted by Gasteiger charge is -2.06. The molecule has 0 saturated carbocycles. The quantitative estimate of drug-likeness (QED) is 0.603. The van der Waals surface area contributed by atoms with Crippen LogP contribution in [0.2, 0.25) is 0 Å². The van der Waals surface area contributed by atoms with E-state index in [1.54, 1.807) is 25.2 Å². The molecular weight excluding hydrogens is 178 g/mol. The zero-order chi connectivity index (χ0) is 10.1. The van der Waals surface area contributed by atoms with E-state index in [4.69, 9.17) is 0 Å². The third-order valence-corrected chi connectivity index (χ3v) is 2.21. The highest BCUT2D eigenvalue weighted by Crippen LogP contribution is 2.30. The van der Waals surface area contributed by atoms with E-state index in [-0.39, 0.29) is 11.5 Å². The molecule has 0 amide bonds. The van der Waals surface area contributed by atoms with Gasteiger partial charge in [0.2, 0.25) is 0 Å². The number of anilines is 1. The lowest BCUT2D eigenvalue weighted by Crippen LogP contribution is -1.88. The van der Waals surface area contributed by atoms with Crippen LogP contribution in [0.4, 0.5) is 5.69 Å². The monoisotopic (exact) mass is 189 g/mol. The van der Waals surface area contributed by atoms with Crippen LogP contribution in [0.1, 0.15) is 0 Å². The van der Waals surface area contributed by atoms with Crippen LogP contribution in [0.15, 0.2) is 30.3 Å². The predicted octanol–water partition coefficient (Wildman–Crippen LogP) is 2.29. The van der Waals surface area contributed by atoms with Crippen molar-refractivity contribution in [3.8, 4) is 11.5 Å². The van der Waals surface area contributed by atoms with Crippen LogP contribution in [-0.4, -0.2) is 17.3 Å². The normalized spacial score (nSPS) is 10.4. The minimum Gasteiger partial charge on any atom is -0.508 e. The number of rotatable bonds is 1. The van der Waals surface area contributed by atoms with Gasteiger partial charge in [-0.2, -0.15) is 0 Å². The van der Waals surface area contributed by atoms with E-state index >= 15 is 0 Å². The summed E-state index contributed by atoms with van der Waals surface area (Å²) in [5.74, 6) is 0.389. The fourth-order valence-corrected chi connectivity index (χ4v) is 1.47. The molecule has 3 nitrogen and oxygen atoms in total. The summed E-state index contributed by atoms with van der Waals surface area (Å²) in [6.45, 7) is 0. The van der Waals surface area contributed by atoms with Gasteiger partial charge in [0.05, 0.1) is 5.69 Å². The Bertz CT molecular complexity index is 480. The average molecular weight is 189 g/mol. The molecule has 0 spiro atoms. The number of hydrogen-bond acceptors (Lipinski definition) is 3. The molecule has 0 aliphatic carbocycles. The smallest absolute Gasteiger partial charge is 0.139 e. The van der Waals surface area contributed by atoms with Crippen molar-refractivity contribution in [3.63, 3.8) is 0 Å². The number of nitrogens with one attached hydrogen (secondary N) is 1.